The number of carbonyl (C=O) groups is 1. The van der Waals surface area contributed by atoms with Gasteiger partial charge in [-0.2, -0.15) is 5.10 Å². The Morgan fingerprint density at radius 1 is 1.18 bits per heavy atom. The zero-order chi connectivity index (χ0) is 19.7. The predicted octanol–water partition coefficient (Wildman–Crippen LogP) is 2.30. The minimum atomic E-state index is -0.135. The number of rotatable bonds is 5. The highest BCUT2D eigenvalue weighted by Gasteiger charge is 2.21. The molecule has 0 saturated heterocycles. The fraction of sp³-hybridized carbons (Fsp3) is 0.300. The maximum Gasteiger partial charge on any atom is 0.269 e. The summed E-state index contributed by atoms with van der Waals surface area (Å²) in [6, 6.07) is 8.99. The summed E-state index contributed by atoms with van der Waals surface area (Å²) in [7, 11) is 0. The number of nitrogens with one attached hydrogen (secondary N) is 1. The summed E-state index contributed by atoms with van der Waals surface area (Å²) in [4.78, 5) is 23.0. The van der Waals surface area contributed by atoms with Gasteiger partial charge in [0.1, 0.15) is 17.1 Å². The van der Waals surface area contributed by atoms with Gasteiger partial charge in [0.15, 0.2) is 5.82 Å². The standard InChI is InChI=1S/C20H22N6O2/c1-3-25(4-2)13-5-6-14(18(27)11-13)19-21-8-7-15(23-19)16-12-17-20(28)22-9-10-26(17)24-16/h5-8,11-12,27H,3-4,9-10H2,1-2H3,(H,22,28). The van der Waals surface area contributed by atoms with Gasteiger partial charge in [0.2, 0.25) is 0 Å². The van der Waals surface area contributed by atoms with Crippen molar-refractivity contribution in [2.75, 3.05) is 24.5 Å². The molecule has 0 atom stereocenters. The lowest BCUT2D eigenvalue weighted by Gasteiger charge is -2.21. The van der Waals surface area contributed by atoms with E-state index in [0.717, 1.165) is 18.8 Å². The smallest absolute Gasteiger partial charge is 0.269 e. The number of anilines is 1. The minimum absolute atomic E-state index is 0.130. The van der Waals surface area contributed by atoms with Crippen LogP contribution in [0.5, 0.6) is 5.75 Å². The Morgan fingerprint density at radius 2 is 2.00 bits per heavy atom. The van der Waals surface area contributed by atoms with E-state index in [9.17, 15) is 9.90 Å². The van der Waals surface area contributed by atoms with Gasteiger partial charge in [-0.3, -0.25) is 9.48 Å². The molecule has 1 aliphatic rings. The Morgan fingerprint density at radius 3 is 2.71 bits per heavy atom. The molecular weight excluding hydrogens is 356 g/mol. The molecule has 144 valence electrons. The number of fused-ring (bicyclic) bond motifs is 1. The number of hydrogen-bond donors (Lipinski definition) is 2. The summed E-state index contributed by atoms with van der Waals surface area (Å²) in [5.74, 6) is 0.408. The molecule has 8 heteroatoms. The lowest BCUT2D eigenvalue weighted by atomic mass is 10.1. The van der Waals surface area contributed by atoms with E-state index in [4.69, 9.17) is 0 Å². The van der Waals surface area contributed by atoms with Crippen LogP contribution in [-0.2, 0) is 6.54 Å². The lowest BCUT2D eigenvalue weighted by Crippen LogP contribution is -2.35. The largest absolute Gasteiger partial charge is 0.507 e. The van der Waals surface area contributed by atoms with Crippen molar-refractivity contribution in [3.63, 3.8) is 0 Å². The molecule has 0 unspecified atom stereocenters. The molecule has 0 fully saturated rings. The van der Waals surface area contributed by atoms with E-state index in [0.29, 0.717) is 41.6 Å². The molecule has 8 nitrogen and oxygen atoms in total. The Balaban J connectivity index is 1.69. The van der Waals surface area contributed by atoms with Crippen molar-refractivity contribution >= 4 is 11.6 Å². The van der Waals surface area contributed by atoms with Gasteiger partial charge in [-0.1, -0.05) is 0 Å². The van der Waals surface area contributed by atoms with Crippen LogP contribution in [0.15, 0.2) is 36.5 Å². The number of phenols is 1. The quantitative estimate of drug-likeness (QED) is 0.707. The van der Waals surface area contributed by atoms with Crippen molar-refractivity contribution < 1.29 is 9.90 Å². The van der Waals surface area contributed by atoms with E-state index in [1.165, 1.54) is 0 Å². The van der Waals surface area contributed by atoms with Crippen molar-refractivity contribution in [1.29, 1.82) is 0 Å². The van der Waals surface area contributed by atoms with Crippen LogP contribution in [-0.4, -0.2) is 50.4 Å². The van der Waals surface area contributed by atoms with Gasteiger partial charge in [0.25, 0.3) is 5.91 Å². The molecule has 0 aliphatic carbocycles. The zero-order valence-electron chi connectivity index (χ0n) is 15.9. The zero-order valence-corrected chi connectivity index (χ0v) is 15.9. The summed E-state index contributed by atoms with van der Waals surface area (Å²) < 4.78 is 1.69. The molecule has 3 heterocycles. The van der Waals surface area contributed by atoms with E-state index in [1.54, 1.807) is 29.1 Å². The average molecular weight is 378 g/mol. The Bertz CT molecular complexity index is 1030. The first-order valence-electron chi connectivity index (χ1n) is 9.38. The molecule has 1 amide bonds. The Labute approximate surface area is 162 Å². The minimum Gasteiger partial charge on any atom is -0.507 e. The third kappa shape index (κ3) is 3.17. The second-order valence-corrected chi connectivity index (χ2v) is 6.53. The molecule has 28 heavy (non-hydrogen) atoms. The molecule has 4 rings (SSSR count). The van der Waals surface area contributed by atoms with Crippen molar-refractivity contribution in [2.24, 2.45) is 0 Å². The molecule has 0 bridgehead atoms. The summed E-state index contributed by atoms with van der Waals surface area (Å²) in [5, 5.41) is 17.8. The van der Waals surface area contributed by atoms with E-state index < -0.39 is 0 Å². The van der Waals surface area contributed by atoms with E-state index in [-0.39, 0.29) is 11.7 Å². The second kappa shape index (κ2) is 7.30. The molecule has 2 aromatic heterocycles. The predicted molar refractivity (Wildman–Crippen MR) is 106 cm³/mol. The van der Waals surface area contributed by atoms with Crippen molar-refractivity contribution in [1.82, 2.24) is 25.1 Å². The van der Waals surface area contributed by atoms with Crippen LogP contribution in [0.2, 0.25) is 0 Å². The monoisotopic (exact) mass is 378 g/mol. The topological polar surface area (TPSA) is 96.2 Å². The molecule has 1 aromatic carbocycles. The molecule has 3 aromatic rings. The van der Waals surface area contributed by atoms with Crippen LogP contribution >= 0.6 is 0 Å². The maximum absolute atomic E-state index is 12.0. The van der Waals surface area contributed by atoms with Crippen LogP contribution in [0.25, 0.3) is 22.8 Å². The number of nitrogens with zero attached hydrogens (tertiary/aromatic N) is 5. The number of carbonyl (C=O) groups excluding carboxylic acids is 1. The van der Waals surface area contributed by atoms with Gasteiger partial charge < -0.3 is 15.3 Å². The van der Waals surface area contributed by atoms with Crippen molar-refractivity contribution in [3.8, 4) is 28.5 Å². The summed E-state index contributed by atoms with van der Waals surface area (Å²) >= 11 is 0. The first-order chi connectivity index (χ1) is 13.6. The van der Waals surface area contributed by atoms with Gasteiger partial charge in [-0.05, 0) is 38.1 Å². The lowest BCUT2D eigenvalue weighted by molar-refractivity contribution is 0.0924. The number of benzene rings is 1. The normalized spacial score (nSPS) is 13.1. The van der Waals surface area contributed by atoms with E-state index >= 15 is 0 Å². The van der Waals surface area contributed by atoms with Crippen LogP contribution < -0.4 is 10.2 Å². The van der Waals surface area contributed by atoms with Gasteiger partial charge in [0.05, 0.1) is 17.8 Å². The highest BCUT2D eigenvalue weighted by Crippen LogP contribution is 2.31. The van der Waals surface area contributed by atoms with Crippen LogP contribution in [0.3, 0.4) is 0 Å². The van der Waals surface area contributed by atoms with Crippen LogP contribution in [0.4, 0.5) is 5.69 Å². The number of amides is 1. The maximum atomic E-state index is 12.0. The van der Waals surface area contributed by atoms with Crippen LogP contribution in [0, 0.1) is 0 Å². The SMILES string of the molecule is CCN(CC)c1ccc(-c2nccc(-c3cc4n(n3)CCNC4=O)n2)c(O)c1. The first-order valence-corrected chi connectivity index (χ1v) is 9.38. The summed E-state index contributed by atoms with van der Waals surface area (Å²) in [6.45, 7) is 7.07. The Kier molecular flexibility index (Phi) is 4.68. The number of aromatic nitrogens is 4. The second-order valence-electron chi connectivity index (χ2n) is 6.53. The fourth-order valence-corrected chi connectivity index (χ4v) is 3.39. The average Bonchev–Trinajstić information content (AvgIpc) is 3.15. The summed E-state index contributed by atoms with van der Waals surface area (Å²) in [5.41, 5.74) is 3.24. The first kappa shape index (κ1) is 18.0. The Hall–Kier alpha value is -3.42. The van der Waals surface area contributed by atoms with Gasteiger partial charge in [-0.15, -0.1) is 0 Å². The van der Waals surface area contributed by atoms with E-state index in [1.807, 2.05) is 12.1 Å². The number of hydrogen-bond acceptors (Lipinski definition) is 6. The van der Waals surface area contributed by atoms with Gasteiger partial charge in [-0.25, -0.2) is 9.97 Å². The van der Waals surface area contributed by atoms with Crippen molar-refractivity contribution in [2.45, 2.75) is 20.4 Å². The number of aromatic hydroxyl groups is 1. The van der Waals surface area contributed by atoms with Gasteiger partial charge in [0, 0.05) is 37.6 Å². The number of phenolic OH excluding ortho intramolecular Hbond substituents is 1. The van der Waals surface area contributed by atoms with Gasteiger partial charge >= 0.3 is 0 Å². The highest BCUT2D eigenvalue weighted by molar-refractivity contribution is 5.94. The highest BCUT2D eigenvalue weighted by atomic mass is 16.3. The van der Waals surface area contributed by atoms with E-state index in [2.05, 4.69) is 39.1 Å². The molecular formula is C20H22N6O2. The summed E-state index contributed by atoms with van der Waals surface area (Å²) in [6.07, 6.45) is 1.63. The fourth-order valence-electron chi connectivity index (χ4n) is 3.39. The molecule has 1 aliphatic heterocycles. The molecule has 0 radical (unpaired) electrons. The molecule has 2 N–H and O–H groups in total. The third-order valence-electron chi connectivity index (χ3n) is 4.89. The van der Waals surface area contributed by atoms with Crippen LogP contribution in [0.1, 0.15) is 24.3 Å². The molecule has 0 saturated carbocycles. The van der Waals surface area contributed by atoms with Crippen molar-refractivity contribution in [3.05, 3.63) is 42.2 Å². The third-order valence-corrected chi connectivity index (χ3v) is 4.89. The molecule has 0 spiro atoms.